The van der Waals surface area contributed by atoms with Crippen LogP contribution in [-0.4, -0.2) is 86.8 Å². The molecular formula is C25H38N12O2. The topological polar surface area (TPSA) is 219 Å². The molecule has 39 heavy (non-hydrogen) atoms. The lowest BCUT2D eigenvalue weighted by molar-refractivity contribution is 0.299. The van der Waals surface area contributed by atoms with Crippen LogP contribution in [-0.2, 0) is 6.42 Å². The van der Waals surface area contributed by atoms with Crippen LogP contribution >= 0.6 is 0 Å². The number of aliphatic hydroxyl groups is 1. The van der Waals surface area contributed by atoms with Crippen molar-refractivity contribution in [2.45, 2.75) is 50.4 Å². The van der Waals surface area contributed by atoms with Gasteiger partial charge in [0.05, 0.1) is 5.69 Å². The van der Waals surface area contributed by atoms with Gasteiger partial charge in [-0.15, -0.1) is 0 Å². The van der Waals surface area contributed by atoms with Crippen LogP contribution < -0.4 is 43.6 Å². The van der Waals surface area contributed by atoms with Crippen LogP contribution in [0, 0.1) is 6.92 Å². The fourth-order valence-corrected chi connectivity index (χ4v) is 5.37. The van der Waals surface area contributed by atoms with Gasteiger partial charge in [0.15, 0.2) is 0 Å². The highest BCUT2D eigenvalue weighted by Gasteiger charge is 2.28. The van der Waals surface area contributed by atoms with Crippen molar-refractivity contribution in [2.75, 3.05) is 47.9 Å². The summed E-state index contributed by atoms with van der Waals surface area (Å²) in [5.74, 6) is 1.34. The Balaban J connectivity index is 1.43. The fraction of sp³-hybridized carbons (Fsp3) is 0.520. The van der Waals surface area contributed by atoms with Crippen molar-refractivity contribution in [2.24, 2.45) is 22.9 Å². The number of anilines is 4. The Labute approximate surface area is 226 Å². The summed E-state index contributed by atoms with van der Waals surface area (Å²) >= 11 is 0. The molecule has 1 aromatic carbocycles. The first kappa shape index (κ1) is 27.0. The minimum atomic E-state index is -0.176. The highest BCUT2D eigenvalue weighted by atomic mass is 16.3. The van der Waals surface area contributed by atoms with Crippen molar-refractivity contribution in [1.29, 1.82) is 0 Å². The lowest BCUT2D eigenvalue weighted by atomic mass is 10.0. The van der Waals surface area contributed by atoms with Gasteiger partial charge in [-0.2, -0.15) is 15.0 Å². The van der Waals surface area contributed by atoms with Crippen LogP contribution in [0.1, 0.15) is 24.1 Å². The van der Waals surface area contributed by atoms with Crippen LogP contribution in [0.15, 0.2) is 29.1 Å². The molecule has 210 valence electrons. The second kappa shape index (κ2) is 11.3. The Bertz CT molecular complexity index is 1280. The average molecular weight is 539 g/mol. The summed E-state index contributed by atoms with van der Waals surface area (Å²) in [6.45, 7) is 4.09. The van der Waals surface area contributed by atoms with Gasteiger partial charge in [0, 0.05) is 80.3 Å². The molecule has 14 nitrogen and oxygen atoms in total. The van der Waals surface area contributed by atoms with E-state index < -0.39 is 0 Å². The van der Waals surface area contributed by atoms with Gasteiger partial charge >= 0.3 is 0 Å². The number of aromatic amines is 1. The van der Waals surface area contributed by atoms with Gasteiger partial charge in [-0.1, -0.05) is 0 Å². The number of hydrogen-bond acceptors (Lipinski definition) is 12. The molecule has 0 saturated carbocycles. The number of aryl methyl sites for hydroxylation is 1. The molecule has 0 bridgehead atoms. The standard InChI is InChI=1S/C25H38N12O2/c1-14-21(6-7-38)22(39)37(34-14)20-4-2-19(3-5-20)30-23-31-24(35-10-15(26)8-16(27)11-35)33-25(32-23)36-12-17(28)9-18(29)13-36/h2-5,15-18,34,38H,6-13,26-29H2,1H3,(H,30,31,32,33)/t15-,16+,17-,18+. The quantitative estimate of drug-likeness (QED) is 0.186. The second-order valence-corrected chi connectivity index (χ2v) is 10.6. The third-order valence-electron chi connectivity index (χ3n) is 7.14. The molecule has 2 saturated heterocycles. The van der Waals surface area contributed by atoms with E-state index in [4.69, 9.17) is 37.9 Å². The SMILES string of the molecule is Cc1[nH]n(-c2ccc(Nc3nc(N4C[C@H](N)C[C@H](N)C4)nc(N4C[C@H](N)C[C@H](N)C4)n3)cc2)c(=O)c1CCO. The van der Waals surface area contributed by atoms with Gasteiger partial charge in [-0.3, -0.25) is 9.89 Å². The Morgan fingerprint density at radius 1 is 0.897 bits per heavy atom. The third kappa shape index (κ3) is 6.04. The molecule has 0 amide bonds. The van der Waals surface area contributed by atoms with Crippen molar-refractivity contribution in [3.63, 3.8) is 0 Å². The van der Waals surface area contributed by atoms with E-state index in [1.807, 2.05) is 41.0 Å². The van der Waals surface area contributed by atoms with Crippen molar-refractivity contribution in [3.8, 4) is 5.69 Å². The van der Waals surface area contributed by atoms with E-state index in [0.29, 0.717) is 61.7 Å². The number of nitrogens with one attached hydrogen (secondary N) is 2. The summed E-state index contributed by atoms with van der Waals surface area (Å²) in [5.41, 5.74) is 27.5. The van der Waals surface area contributed by atoms with Crippen LogP contribution in [0.2, 0.25) is 0 Å². The molecule has 2 aromatic heterocycles. The Morgan fingerprint density at radius 3 is 1.90 bits per heavy atom. The van der Waals surface area contributed by atoms with Gasteiger partial charge in [0.2, 0.25) is 17.8 Å². The number of rotatable bonds is 7. The number of H-pyrrole nitrogens is 1. The number of nitrogens with zero attached hydrogens (tertiary/aromatic N) is 6. The van der Waals surface area contributed by atoms with Gasteiger partial charge in [-0.25, -0.2) is 4.68 Å². The molecule has 2 aliphatic rings. The van der Waals surface area contributed by atoms with Crippen molar-refractivity contribution in [3.05, 3.63) is 45.9 Å². The molecule has 4 atom stereocenters. The summed E-state index contributed by atoms with van der Waals surface area (Å²) in [6, 6.07) is 7.01. The van der Waals surface area contributed by atoms with E-state index in [1.54, 1.807) is 0 Å². The van der Waals surface area contributed by atoms with Crippen LogP contribution in [0.5, 0.6) is 0 Å². The molecule has 14 heteroatoms. The zero-order valence-corrected chi connectivity index (χ0v) is 22.1. The maximum atomic E-state index is 12.8. The van der Waals surface area contributed by atoms with E-state index in [-0.39, 0.29) is 36.3 Å². The Hall–Kier alpha value is -3.56. The van der Waals surface area contributed by atoms with Crippen LogP contribution in [0.4, 0.5) is 23.5 Å². The van der Waals surface area contributed by atoms with E-state index in [0.717, 1.165) is 24.2 Å². The maximum Gasteiger partial charge on any atom is 0.274 e. The zero-order chi connectivity index (χ0) is 27.7. The van der Waals surface area contributed by atoms with E-state index >= 15 is 0 Å². The number of aromatic nitrogens is 5. The molecule has 4 heterocycles. The Kier molecular flexibility index (Phi) is 7.81. The number of nitrogens with two attached hydrogens (primary N) is 4. The van der Waals surface area contributed by atoms with Gasteiger partial charge in [0.1, 0.15) is 0 Å². The molecule has 0 unspecified atom stereocenters. The third-order valence-corrected chi connectivity index (χ3v) is 7.14. The first-order valence-corrected chi connectivity index (χ1v) is 13.3. The van der Waals surface area contributed by atoms with Gasteiger partial charge in [0.25, 0.3) is 5.56 Å². The van der Waals surface area contributed by atoms with Crippen molar-refractivity contribution < 1.29 is 5.11 Å². The lowest BCUT2D eigenvalue weighted by Gasteiger charge is -2.37. The molecule has 11 N–H and O–H groups in total. The number of piperidine rings is 2. The molecule has 0 aliphatic carbocycles. The summed E-state index contributed by atoms with van der Waals surface area (Å²) < 4.78 is 1.47. The van der Waals surface area contributed by atoms with Crippen molar-refractivity contribution >= 4 is 23.5 Å². The summed E-state index contributed by atoms with van der Waals surface area (Å²) in [7, 11) is 0. The number of hydrogen-bond donors (Lipinski definition) is 7. The summed E-state index contributed by atoms with van der Waals surface area (Å²) in [4.78, 5) is 30.9. The zero-order valence-electron chi connectivity index (χ0n) is 22.1. The minimum absolute atomic E-state index is 0.0762. The molecule has 5 rings (SSSR count). The Morgan fingerprint density at radius 2 is 1.41 bits per heavy atom. The largest absolute Gasteiger partial charge is 0.396 e. The normalized spacial score (nSPS) is 23.7. The molecule has 0 radical (unpaired) electrons. The van der Waals surface area contributed by atoms with Gasteiger partial charge < -0.3 is 43.2 Å². The van der Waals surface area contributed by atoms with E-state index in [2.05, 4.69) is 10.4 Å². The molecular weight excluding hydrogens is 500 g/mol. The average Bonchev–Trinajstić information content (AvgIpc) is 3.16. The predicted octanol–water partition coefficient (Wildman–Crippen LogP) is -1.33. The van der Waals surface area contributed by atoms with Crippen molar-refractivity contribution in [1.82, 2.24) is 24.7 Å². The smallest absolute Gasteiger partial charge is 0.274 e. The number of aliphatic hydroxyl groups excluding tert-OH is 1. The molecule has 2 fully saturated rings. The number of benzene rings is 1. The molecule has 3 aromatic rings. The molecule has 2 aliphatic heterocycles. The maximum absolute atomic E-state index is 12.8. The fourth-order valence-electron chi connectivity index (χ4n) is 5.37. The first-order chi connectivity index (χ1) is 18.7. The van der Waals surface area contributed by atoms with E-state index in [1.165, 1.54) is 4.68 Å². The second-order valence-electron chi connectivity index (χ2n) is 10.6. The van der Waals surface area contributed by atoms with E-state index in [9.17, 15) is 9.90 Å². The monoisotopic (exact) mass is 538 g/mol. The van der Waals surface area contributed by atoms with Crippen LogP contribution in [0.25, 0.3) is 5.69 Å². The first-order valence-electron chi connectivity index (χ1n) is 13.3. The highest BCUT2D eigenvalue weighted by molar-refractivity contribution is 5.58. The van der Waals surface area contributed by atoms with Crippen LogP contribution in [0.3, 0.4) is 0 Å². The summed E-state index contributed by atoms with van der Waals surface area (Å²) in [5, 5.41) is 15.6. The minimum Gasteiger partial charge on any atom is -0.396 e. The lowest BCUT2D eigenvalue weighted by Crippen LogP contribution is -2.54. The highest BCUT2D eigenvalue weighted by Crippen LogP contribution is 2.24. The predicted molar refractivity (Wildman–Crippen MR) is 151 cm³/mol. The van der Waals surface area contributed by atoms with Gasteiger partial charge in [-0.05, 0) is 44.0 Å². The summed E-state index contributed by atoms with van der Waals surface area (Å²) in [6.07, 6.45) is 1.79. The molecule has 0 spiro atoms.